The minimum atomic E-state index is -0.957. The van der Waals surface area contributed by atoms with Gasteiger partial charge in [-0.05, 0) is 31.0 Å². The van der Waals surface area contributed by atoms with Crippen molar-refractivity contribution >= 4 is 35.1 Å². The third kappa shape index (κ3) is 4.33. The molecule has 21 heavy (non-hydrogen) atoms. The number of benzene rings is 1. The number of nitrogens with one attached hydrogen (secondary N) is 1. The molecule has 1 aliphatic heterocycles. The molecule has 1 aromatic carbocycles. The predicted octanol–water partition coefficient (Wildman–Crippen LogP) is 2.75. The third-order valence-corrected chi connectivity index (χ3v) is 3.88. The Morgan fingerprint density at radius 3 is 2.29 bits per heavy atom. The Morgan fingerprint density at radius 2 is 1.76 bits per heavy atom. The van der Waals surface area contributed by atoms with Gasteiger partial charge in [-0.15, -0.1) is 0 Å². The first-order valence-electron chi connectivity index (χ1n) is 6.48. The molecule has 2 rings (SSSR count). The quantitative estimate of drug-likeness (QED) is 0.889. The average molecular weight is 332 g/mol. The lowest BCUT2D eigenvalue weighted by Crippen LogP contribution is -2.53. The Kier molecular flexibility index (Phi) is 5.08. The van der Waals surface area contributed by atoms with Crippen molar-refractivity contribution in [2.75, 3.05) is 13.2 Å². The number of amides is 1. The standard InChI is InChI=1S/C14H15Cl2NO4/c15-10-5-9(6-11(16)7-10)13(20)17-14(8-12(18)19)1-3-21-4-2-14/h5-7H,1-4,8H2,(H,17,20)(H,18,19). The number of hydrogen-bond acceptors (Lipinski definition) is 3. The SMILES string of the molecule is O=C(O)CC1(NC(=O)c2cc(Cl)cc(Cl)c2)CCOCC1. The normalized spacial score (nSPS) is 17.2. The maximum absolute atomic E-state index is 12.3. The van der Waals surface area contributed by atoms with Crippen molar-refractivity contribution in [2.45, 2.75) is 24.8 Å². The highest BCUT2D eigenvalue weighted by molar-refractivity contribution is 6.35. The Morgan fingerprint density at radius 1 is 1.19 bits per heavy atom. The largest absolute Gasteiger partial charge is 0.481 e. The molecule has 7 heteroatoms. The number of aliphatic carboxylic acids is 1. The number of halogens is 2. The van der Waals surface area contributed by atoms with Gasteiger partial charge in [0.25, 0.3) is 5.91 Å². The van der Waals surface area contributed by atoms with Gasteiger partial charge >= 0.3 is 5.97 Å². The summed E-state index contributed by atoms with van der Waals surface area (Å²) in [5, 5.41) is 12.6. The fourth-order valence-corrected chi connectivity index (χ4v) is 2.92. The van der Waals surface area contributed by atoms with E-state index in [1.165, 1.54) is 18.2 Å². The number of rotatable bonds is 4. The molecular formula is C14H15Cl2NO4. The van der Waals surface area contributed by atoms with Crippen LogP contribution in [0.2, 0.25) is 10.0 Å². The monoisotopic (exact) mass is 331 g/mol. The Bertz CT molecular complexity index is 536. The highest BCUT2D eigenvalue weighted by Gasteiger charge is 2.36. The van der Waals surface area contributed by atoms with Gasteiger partial charge < -0.3 is 15.2 Å². The molecule has 1 aliphatic rings. The highest BCUT2D eigenvalue weighted by atomic mass is 35.5. The fraction of sp³-hybridized carbons (Fsp3) is 0.429. The van der Waals surface area contributed by atoms with E-state index in [0.717, 1.165) is 0 Å². The molecule has 1 amide bonds. The molecule has 5 nitrogen and oxygen atoms in total. The minimum absolute atomic E-state index is 0.142. The lowest BCUT2D eigenvalue weighted by Gasteiger charge is -2.36. The Labute approximate surface area is 132 Å². The highest BCUT2D eigenvalue weighted by Crippen LogP contribution is 2.26. The smallest absolute Gasteiger partial charge is 0.305 e. The van der Waals surface area contributed by atoms with Crippen LogP contribution < -0.4 is 5.32 Å². The Hall–Kier alpha value is -1.30. The molecule has 0 spiro atoms. The summed E-state index contributed by atoms with van der Waals surface area (Å²) in [6.45, 7) is 0.841. The first-order chi connectivity index (χ1) is 9.90. The van der Waals surface area contributed by atoms with Crippen LogP contribution in [-0.4, -0.2) is 35.7 Å². The van der Waals surface area contributed by atoms with Crippen molar-refractivity contribution in [3.63, 3.8) is 0 Å². The van der Waals surface area contributed by atoms with Crippen molar-refractivity contribution in [1.29, 1.82) is 0 Å². The van der Waals surface area contributed by atoms with Crippen LogP contribution in [0.15, 0.2) is 18.2 Å². The van der Waals surface area contributed by atoms with E-state index in [0.29, 0.717) is 41.7 Å². The van der Waals surface area contributed by atoms with Crippen LogP contribution in [0.25, 0.3) is 0 Å². The van der Waals surface area contributed by atoms with Crippen molar-refractivity contribution in [1.82, 2.24) is 5.32 Å². The molecule has 0 radical (unpaired) electrons. The summed E-state index contributed by atoms with van der Waals surface area (Å²) >= 11 is 11.8. The maximum Gasteiger partial charge on any atom is 0.305 e. The van der Waals surface area contributed by atoms with Gasteiger partial charge in [-0.25, -0.2) is 0 Å². The molecule has 0 bridgehead atoms. The first kappa shape index (κ1) is 16.1. The number of hydrogen-bond donors (Lipinski definition) is 2. The molecule has 1 saturated heterocycles. The molecule has 2 N–H and O–H groups in total. The van der Waals surface area contributed by atoms with Gasteiger partial charge in [0.15, 0.2) is 0 Å². The molecular weight excluding hydrogens is 317 g/mol. The van der Waals surface area contributed by atoms with Crippen LogP contribution in [0, 0.1) is 0 Å². The molecule has 0 aromatic heterocycles. The van der Waals surface area contributed by atoms with Crippen LogP contribution in [0.5, 0.6) is 0 Å². The molecule has 0 saturated carbocycles. The van der Waals surface area contributed by atoms with E-state index in [9.17, 15) is 9.59 Å². The van der Waals surface area contributed by atoms with Crippen molar-refractivity contribution < 1.29 is 19.4 Å². The van der Waals surface area contributed by atoms with Crippen LogP contribution in [0.4, 0.5) is 0 Å². The summed E-state index contributed by atoms with van der Waals surface area (Å²) in [7, 11) is 0. The fourth-order valence-electron chi connectivity index (χ4n) is 2.40. The topological polar surface area (TPSA) is 75.6 Å². The molecule has 0 atom stereocenters. The minimum Gasteiger partial charge on any atom is -0.481 e. The number of ether oxygens (including phenoxy) is 1. The number of carbonyl (C=O) groups excluding carboxylic acids is 1. The lowest BCUT2D eigenvalue weighted by atomic mass is 9.86. The zero-order valence-electron chi connectivity index (χ0n) is 11.2. The van der Waals surface area contributed by atoms with Gasteiger partial charge in [-0.3, -0.25) is 9.59 Å². The average Bonchev–Trinajstić information content (AvgIpc) is 2.37. The molecule has 1 heterocycles. The maximum atomic E-state index is 12.3. The third-order valence-electron chi connectivity index (χ3n) is 3.44. The molecule has 0 unspecified atom stereocenters. The van der Waals surface area contributed by atoms with Crippen LogP contribution in [0.3, 0.4) is 0 Å². The van der Waals surface area contributed by atoms with Gasteiger partial charge in [0.05, 0.1) is 12.0 Å². The van der Waals surface area contributed by atoms with Crippen molar-refractivity contribution in [2.24, 2.45) is 0 Å². The van der Waals surface area contributed by atoms with E-state index in [-0.39, 0.29) is 12.3 Å². The second kappa shape index (κ2) is 6.64. The van der Waals surface area contributed by atoms with Crippen molar-refractivity contribution in [3.05, 3.63) is 33.8 Å². The summed E-state index contributed by atoms with van der Waals surface area (Å²) in [4.78, 5) is 23.4. The van der Waals surface area contributed by atoms with Crippen LogP contribution >= 0.6 is 23.2 Å². The van der Waals surface area contributed by atoms with Crippen LogP contribution in [-0.2, 0) is 9.53 Å². The number of carboxylic acids is 1. The lowest BCUT2D eigenvalue weighted by molar-refractivity contribution is -0.139. The summed E-state index contributed by atoms with van der Waals surface area (Å²) in [6.07, 6.45) is 0.773. The molecule has 1 aromatic rings. The predicted molar refractivity (Wildman–Crippen MR) is 79.0 cm³/mol. The van der Waals surface area contributed by atoms with E-state index < -0.39 is 11.5 Å². The molecule has 1 fully saturated rings. The summed E-state index contributed by atoms with van der Waals surface area (Å²) in [5.41, 5.74) is -0.487. The van der Waals surface area contributed by atoms with E-state index in [1.807, 2.05) is 0 Å². The number of carbonyl (C=O) groups is 2. The van der Waals surface area contributed by atoms with E-state index in [2.05, 4.69) is 5.32 Å². The van der Waals surface area contributed by atoms with Gasteiger partial charge in [0.2, 0.25) is 0 Å². The van der Waals surface area contributed by atoms with Crippen LogP contribution in [0.1, 0.15) is 29.6 Å². The van der Waals surface area contributed by atoms with E-state index in [1.54, 1.807) is 0 Å². The summed E-state index contributed by atoms with van der Waals surface area (Å²) in [5.74, 6) is -1.34. The summed E-state index contributed by atoms with van der Waals surface area (Å²) < 4.78 is 5.25. The molecule has 114 valence electrons. The second-order valence-corrected chi connectivity index (χ2v) is 5.95. The van der Waals surface area contributed by atoms with Gasteiger partial charge in [-0.1, -0.05) is 23.2 Å². The zero-order chi connectivity index (χ0) is 15.5. The van der Waals surface area contributed by atoms with Crippen molar-refractivity contribution in [3.8, 4) is 0 Å². The zero-order valence-corrected chi connectivity index (χ0v) is 12.7. The van der Waals surface area contributed by atoms with Gasteiger partial charge in [-0.2, -0.15) is 0 Å². The van der Waals surface area contributed by atoms with E-state index in [4.69, 9.17) is 33.0 Å². The Balaban J connectivity index is 2.19. The van der Waals surface area contributed by atoms with Gasteiger partial charge in [0.1, 0.15) is 0 Å². The summed E-state index contributed by atoms with van der Waals surface area (Å²) in [6, 6.07) is 4.52. The van der Waals surface area contributed by atoms with Gasteiger partial charge in [0, 0.05) is 28.8 Å². The molecule has 0 aliphatic carbocycles. The first-order valence-corrected chi connectivity index (χ1v) is 7.24. The number of carboxylic acid groups (broad SMARTS) is 1. The van der Waals surface area contributed by atoms with E-state index >= 15 is 0 Å². The second-order valence-electron chi connectivity index (χ2n) is 5.08.